The lowest BCUT2D eigenvalue weighted by Gasteiger charge is -2.11. The number of carbonyl (C=O) groups excluding carboxylic acids is 1. The van der Waals surface area contributed by atoms with Gasteiger partial charge in [0, 0.05) is 6.20 Å². The highest BCUT2D eigenvalue weighted by atomic mass is 32.2. The molecule has 0 spiro atoms. The van der Waals surface area contributed by atoms with Gasteiger partial charge in [-0.2, -0.15) is 8.42 Å². The van der Waals surface area contributed by atoms with Crippen molar-refractivity contribution < 1.29 is 17.9 Å². The number of nitrogens with one attached hydrogen (secondary N) is 2. The lowest BCUT2D eigenvalue weighted by Crippen LogP contribution is -2.37. The van der Waals surface area contributed by atoms with Crippen LogP contribution in [0.2, 0.25) is 0 Å². The van der Waals surface area contributed by atoms with Crippen molar-refractivity contribution in [3.05, 3.63) is 18.3 Å². The summed E-state index contributed by atoms with van der Waals surface area (Å²) in [5, 5.41) is 0. The van der Waals surface area contributed by atoms with Crippen LogP contribution in [0.25, 0.3) is 0 Å². The number of nitrogens with two attached hydrogens (primary N) is 1. The summed E-state index contributed by atoms with van der Waals surface area (Å²) in [7, 11) is -4.12. The van der Waals surface area contributed by atoms with Crippen molar-refractivity contribution in [2.75, 3.05) is 10.5 Å². The van der Waals surface area contributed by atoms with Crippen LogP contribution in [-0.4, -0.2) is 25.6 Å². The van der Waals surface area contributed by atoms with E-state index in [-0.39, 0.29) is 11.5 Å². The van der Waals surface area contributed by atoms with E-state index in [1.165, 1.54) is 12.3 Å². The van der Waals surface area contributed by atoms with Crippen molar-refractivity contribution in [2.45, 2.75) is 20.0 Å². The first-order valence-electron chi connectivity index (χ1n) is 5.02. The zero-order valence-electron chi connectivity index (χ0n) is 9.88. The second kappa shape index (κ2) is 5.54. The molecular formula is C9H14N4O4S. The third-order valence-electron chi connectivity index (χ3n) is 1.63. The van der Waals surface area contributed by atoms with Crippen molar-refractivity contribution in [3.8, 4) is 0 Å². The minimum Gasteiger partial charge on any atom is -0.446 e. The topological polar surface area (TPSA) is 123 Å². The van der Waals surface area contributed by atoms with Crippen LogP contribution in [0.5, 0.6) is 0 Å². The monoisotopic (exact) mass is 274 g/mol. The van der Waals surface area contributed by atoms with Crippen LogP contribution in [0.4, 0.5) is 16.3 Å². The average molecular weight is 274 g/mol. The smallest absolute Gasteiger partial charge is 0.422 e. The molecule has 0 bridgehead atoms. The van der Waals surface area contributed by atoms with Gasteiger partial charge in [0.05, 0.1) is 11.8 Å². The number of hydrogen-bond donors (Lipinski definition) is 3. The van der Waals surface area contributed by atoms with Crippen LogP contribution in [-0.2, 0) is 14.9 Å². The Labute approximate surface area is 105 Å². The number of aromatic nitrogens is 1. The predicted octanol–water partition coefficient (Wildman–Crippen LogP) is 0.455. The van der Waals surface area contributed by atoms with Crippen molar-refractivity contribution >= 4 is 27.8 Å². The molecule has 1 aromatic heterocycles. The summed E-state index contributed by atoms with van der Waals surface area (Å²) in [6.07, 6.45) is -0.146. The second-order valence-electron chi connectivity index (χ2n) is 3.60. The Morgan fingerprint density at radius 3 is 2.72 bits per heavy atom. The lowest BCUT2D eigenvalue weighted by molar-refractivity contribution is 0.121. The van der Waals surface area contributed by atoms with E-state index in [9.17, 15) is 13.2 Å². The highest BCUT2D eigenvalue weighted by molar-refractivity contribution is 7.91. The molecule has 0 aliphatic carbocycles. The quantitative estimate of drug-likeness (QED) is 0.732. The second-order valence-corrected chi connectivity index (χ2v) is 5.02. The van der Waals surface area contributed by atoms with Gasteiger partial charge >= 0.3 is 16.3 Å². The molecule has 1 heterocycles. The van der Waals surface area contributed by atoms with Crippen molar-refractivity contribution in [1.82, 2.24) is 9.71 Å². The fraction of sp³-hybridized carbons (Fsp3) is 0.333. The molecule has 0 saturated heterocycles. The summed E-state index contributed by atoms with van der Waals surface area (Å²) in [4.78, 5) is 14.9. The van der Waals surface area contributed by atoms with Gasteiger partial charge < -0.3 is 10.5 Å². The van der Waals surface area contributed by atoms with E-state index in [2.05, 4.69) is 9.72 Å². The Kier molecular flexibility index (Phi) is 4.32. The summed E-state index contributed by atoms with van der Waals surface area (Å²) in [6.45, 7) is 3.19. The minimum atomic E-state index is -4.12. The molecule has 4 N–H and O–H groups in total. The van der Waals surface area contributed by atoms with Gasteiger partial charge in [-0.3, -0.25) is 0 Å². The molecule has 8 nitrogen and oxygen atoms in total. The standard InChI is InChI=1S/C9H14N4O4S/c1-6(2)17-9(14)13-18(15,16)12-8-7(10)4-3-5-11-8/h3-6H,10H2,1-2H3,(H,11,12)(H,13,14). The molecule has 0 unspecified atom stereocenters. The van der Waals surface area contributed by atoms with Crippen molar-refractivity contribution in [2.24, 2.45) is 0 Å². The van der Waals surface area contributed by atoms with Crippen LogP contribution in [0.3, 0.4) is 0 Å². The highest BCUT2D eigenvalue weighted by Gasteiger charge is 2.17. The number of nitrogen functional groups attached to an aromatic ring is 1. The largest absolute Gasteiger partial charge is 0.446 e. The molecule has 0 saturated carbocycles. The molecule has 0 aromatic carbocycles. The summed E-state index contributed by atoms with van der Waals surface area (Å²) >= 11 is 0. The molecule has 0 aliphatic heterocycles. The number of amides is 1. The summed E-state index contributed by atoms with van der Waals surface area (Å²) in [5.41, 5.74) is 5.64. The van der Waals surface area contributed by atoms with Crippen LogP contribution in [0, 0.1) is 0 Å². The van der Waals surface area contributed by atoms with E-state index < -0.39 is 22.4 Å². The van der Waals surface area contributed by atoms with Gasteiger partial charge in [0.15, 0.2) is 5.82 Å². The van der Waals surface area contributed by atoms with E-state index in [1.54, 1.807) is 24.6 Å². The van der Waals surface area contributed by atoms with Crippen LogP contribution >= 0.6 is 0 Å². The average Bonchev–Trinajstić information content (AvgIpc) is 2.18. The first-order chi connectivity index (χ1) is 8.30. The van der Waals surface area contributed by atoms with E-state index >= 15 is 0 Å². The van der Waals surface area contributed by atoms with Crippen molar-refractivity contribution in [3.63, 3.8) is 0 Å². The number of nitrogens with zero attached hydrogens (tertiary/aromatic N) is 1. The number of ether oxygens (including phenoxy) is 1. The molecule has 18 heavy (non-hydrogen) atoms. The first-order valence-corrected chi connectivity index (χ1v) is 6.50. The number of anilines is 2. The van der Waals surface area contributed by atoms with Gasteiger partial charge in [0.2, 0.25) is 0 Å². The van der Waals surface area contributed by atoms with E-state index in [0.29, 0.717) is 0 Å². The minimum absolute atomic E-state index is 0.0673. The molecule has 0 atom stereocenters. The summed E-state index contributed by atoms with van der Waals surface area (Å²) in [5.74, 6) is -0.0673. The molecule has 9 heteroatoms. The Balaban J connectivity index is 2.72. The van der Waals surface area contributed by atoms with Gasteiger partial charge in [0.1, 0.15) is 0 Å². The Bertz CT molecular complexity index is 529. The molecule has 1 amide bonds. The molecule has 0 fully saturated rings. The third kappa shape index (κ3) is 4.45. The predicted molar refractivity (Wildman–Crippen MR) is 65.9 cm³/mol. The zero-order chi connectivity index (χ0) is 13.8. The normalized spacial score (nSPS) is 11.1. The number of carbonyl (C=O) groups is 1. The molecule has 100 valence electrons. The number of rotatable bonds is 4. The van der Waals surface area contributed by atoms with Crippen molar-refractivity contribution in [1.29, 1.82) is 0 Å². The zero-order valence-corrected chi connectivity index (χ0v) is 10.7. The molecule has 0 radical (unpaired) electrons. The van der Waals surface area contributed by atoms with Crippen LogP contribution < -0.4 is 15.2 Å². The van der Waals surface area contributed by atoms with Gasteiger partial charge in [-0.05, 0) is 26.0 Å². The Morgan fingerprint density at radius 1 is 1.50 bits per heavy atom. The first kappa shape index (κ1) is 14.0. The maximum Gasteiger partial charge on any atom is 0.422 e. The molecule has 0 aliphatic rings. The molecular weight excluding hydrogens is 260 g/mol. The van der Waals surface area contributed by atoms with E-state index in [4.69, 9.17) is 5.73 Å². The maximum absolute atomic E-state index is 11.5. The Hall–Kier alpha value is -2.03. The maximum atomic E-state index is 11.5. The van der Waals surface area contributed by atoms with E-state index in [0.717, 1.165) is 0 Å². The van der Waals surface area contributed by atoms with Gasteiger partial charge in [-0.15, -0.1) is 0 Å². The number of pyridine rings is 1. The fourth-order valence-corrected chi connectivity index (χ4v) is 1.75. The summed E-state index contributed by atoms with van der Waals surface area (Å²) < 4.78 is 31.4. The number of hydrogen-bond acceptors (Lipinski definition) is 6. The van der Waals surface area contributed by atoms with E-state index in [1.807, 2.05) is 4.72 Å². The fourth-order valence-electron chi connectivity index (χ4n) is 1.00. The van der Waals surface area contributed by atoms with Gasteiger partial charge in [-0.1, -0.05) is 0 Å². The molecule has 1 aromatic rings. The summed E-state index contributed by atoms with van der Waals surface area (Å²) in [6, 6.07) is 3.02. The van der Waals surface area contributed by atoms with Crippen LogP contribution in [0.15, 0.2) is 18.3 Å². The highest BCUT2D eigenvalue weighted by Crippen LogP contribution is 2.13. The lowest BCUT2D eigenvalue weighted by atomic mass is 10.4. The van der Waals surface area contributed by atoms with Gasteiger partial charge in [0.25, 0.3) is 0 Å². The Morgan fingerprint density at radius 2 is 2.17 bits per heavy atom. The molecule has 1 rings (SSSR count). The SMILES string of the molecule is CC(C)OC(=O)NS(=O)(=O)Nc1ncccc1N. The third-order valence-corrected chi connectivity index (χ3v) is 2.53. The van der Waals surface area contributed by atoms with Gasteiger partial charge in [-0.25, -0.2) is 19.2 Å². The van der Waals surface area contributed by atoms with Crippen LogP contribution in [0.1, 0.15) is 13.8 Å².